The average molecular weight is 399 g/mol. The van der Waals surface area contributed by atoms with Gasteiger partial charge in [0.15, 0.2) is 6.10 Å². The van der Waals surface area contributed by atoms with Gasteiger partial charge in [0.1, 0.15) is 0 Å². The molecule has 0 aromatic heterocycles. The number of benzene rings is 2. The Hall–Kier alpha value is -2.70. The highest BCUT2D eigenvalue weighted by atomic mass is 16.4. The van der Waals surface area contributed by atoms with Crippen LogP contribution < -0.4 is 5.73 Å². The number of nitrogens with zero attached hydrogens (tertiary/aromatic N) is 1. The van der Waals surface area contributed by atoms with Crippen molar-refractivity contribution in [2.45, 2.75) is 31.8 Å². The third-order valence-corrected chi connectivity index (χ3v) is 5.46. The number of hydrogen-bond acceptors (Lipinski definition) is 4. The fourth-order valence-electron chi connectivity index (χ4n) is 3.66. The van der Waals surface area contributed by atoms with Gasteiger partial charge in [-0.2, -0.15) is 0 Å². The molecule has 3 atom stereocenters. The minimum Gasteiger partial charge on any atom is -0.479 e. The summed E-state index contributed by atoms with van der Waals surface area (Å²) in [5.74, 6) is -0.682. The number of carbonyl (C=O) groups excluding carboxylic acids is 1. The highest BCUT2D eigenvalue weighted by molar-refractivity contribution is 5.92. The van der Waals surface area contributed by atoms with Gasteiger partial charge in [-0.15, -0.1) is 0 Å². The zero-order chi connectivity index (χ0) is 21.4. The Morgan fingerprint density at radius 3 is 2.00 bits per heavy atom. The maximum absolute atomic E-state index is 12.7. The summed E-state index contributed by atoms with van der Waals surface area (Å²) < 4.78 is 0. The first-order valence-electron chi connectivity index (χ1n) is 9.93. The van der Waals surface area contributed by atoms with Crippen molar-refractivity contribution in [3.05, 3.63) is 71.8 Å². The molecule has 0 unspecified atom stereocenters. The first-order chi connectivity index (χ1) is 13.9. The second kappa shape index (κ2) is 10.2. The highest BCUT2D eigenvalue weighted by Crippen LogP contribution is 2.54. The molecule has 0 heterocycles. The number of aliphatic hydroxyl groups excluding tert-OH is 1. The topological polar surface area (TPSA) is 104 Å². The van der Waals surface area contributed by atoms with Crippen molar-refractivity contribution in [2.75, 3.05) is 19.6 Å². The van der Waals surface area contributed by atoms with Crippen LogP contribution in [-0.2, 0) is 15.0 Å². The van der Waals surface area contributed by atoms with Gasteiger partial charge in [0, 0.05) is 13.1 Å². The van der Waals surface area contributed by atoms with Crippen LogP contribution in [0, 0.1) is 5.92 Å². The molecule has 6 nitrogen and oxygen atoms in total. The molecule has 1 amide bonds. The van der Waals surface area contributed by atoms with E-state index in [-0.39, 0.29) is 11.3 Å². The summed E-state index contributed by atoms with van der Waals surface area (Å²) in [7, 11) is 0. The third-order valence-electron chi connectivity index (χ3n) is 5.46. The Balaban J connectivity index is 0.000000234. The van der Waals surface area contributed by atoms with E-state index in [2.05, 4.69) is 12.1 Å². The van der Waals surface area contributed by atoms with Gasteiger partial charge in [0.05, 0.1) is 5.41 Å². The number of aliphatic carboxylic acids is 1. The zero-order valence-electron chi connectivity index (χ0n) is 17.0. The summed E-state index contributed by atoms with van der Waals surface area (Å²) in [6.07, 6.45) is -0.515. The summed E-state index contributed by atoms with van der Waals surface area (Å²) in [6, 6.07) is 18.3. The highest BCUT2D eigenvalue weighted by Gasteiger charge is 2.61. The van der Waals surface area contributed by atoms with Crippen LogP contribution in [0.25, 0.3) is 0 Å². The van der Waals surface area contributed by atoms with Crippen molar-refractivity contribution in [2.24, 2.45) is 11.7 Å². The van der Waals surface area contributed by atoms with E-state index < -0.39 is 12.1 Å². The largest absolute Gasteiger partial charge is 0.479 e. The zero-order valence-corrected chi connectivity index (χ0v) is 17.0. The molecule has 0 bridgehead atoms. The summed E-state index contributed by atoms with van der Waals surface area (Å²) in [6.45, 7) is 6.17. The van der Waals surface area contributed by atoms with E-state index in [0.29, 0.717) is 18.0 Å². The predicted molar refractivity (Wildman–Crippen MR) is 112 cm³/mol. The van der Waals surface area contributed by atoms with Crippen molar-refractivity contribution >= 4 is 11.9 Å². The summed E-state index contributed by atoms with van der Waals surface area (Å²) in [4.78, 5) is 24.9. The fourth-order valence-corrected chi connectivity index (χ4v) is 3.66. The molecule has 29 heavy (non-hydrogen) atoms. The third kappa shape index (κ3) is 5.02. The second-order valence-electron chi connectivity index (χ2n) is 7.10. The lowest BCUT2D eigenvalue weighted by Crippen LogP contribution is -2.40. The quantitative estimate of drug-likeness (QED) is 0.665. The number of carboxylic acid groups (broad SMARTS) is 1. The van der Waals surface area contributed by atoms with Crippen LogP contribution in [0.5, 0.6) is 0 Å². The SMILES string of the molecule is CCN(CC)C(=O)[C@]1(c2ccccc2)C[C@@H]1CN.O=C(O)[C@H](O)c1ccccc1. The number of nitrogens with two attached hydrogens (primary N) is 1. The van der Waals surface area contributed by atoms with Gasteiger partial charge in [-0.3, -0.25) is 4.79 Å². The van der Waals surface area contributed by atoms with Gasteiger partial charge in [-0.1, -0.05) is 60.7 Å². The van der Waals surface area contributed by atoms with E-state index in [0.717, 1.165) is 25.1 Å². The molecule has 2 aromatic carbocycles. The van der Waals surface area contributed by atoms with Crippen molar-refractivity contribution in [3.8, 4) is 0 Å². The standard InChI is InChI=1S/C15H22N2O.C8H8O3/c1-3-17(4-2)14(18)15(10-13(15)11-16)12-8-6-5-7-9-12;9-7(8(10)11)6-4-2-1-3-5-6/h5-9,13H,3-4,10-11,16H2,1-2H3;1-5,7,9H,(H,10,11)/t13-,15+;7-/m11/s1. The van der Waals surface area contributed by atoms with Crippen LogP contribution in [0.1, 0.15) is 37.5 Å². The first-order valence-corrected chi connectivity index (χ1v) is 9.93. The van der Waals surface area contributed by atoms with E-state index >= 15 is 0 Å². The minimum atomic E-state index is -1.41. The van der Waals surface area contributed by atoms with Gasteiger partial charge >= 0.3 is 5.97 Å². The lowest BCUT2D eigenvalue weighted by atomic mass is 9.91. The van der Waals surface area contributed by atoms with Gasteiger partial charge in [-0.25, -0.2) is 4.79 Å². The normalized spacial score (nSPS) is 20.8. The molecule has 1 aliphatic rings. The smallest absolute Gasteiger partial charge is 0.337 e. The molecule has 0 radical (unpaired) electrons. The molecular formula is C23H30N2O4. The second-order valence-corrected chi connectivity index (χ2v) is 7.10. The van der Waals surface area contributed by atoms with Crippen LogP contribution in [0.3, 0.4) is 0 Å². The van der Waals surface area contributed by atoms with Crippen molar-refractivity contribution < 1.29 is 19.8 Å². The van der Waals surface area contributed by atoms with Crippen LogP contribution in [-0.4, -0.2) is 46.6 Å². The maximum atomic E-state index is 12.7. The molecule has 1 saturated carbocycles. The van der Waals surface area contributed by atoms with Crippen molar-refractivity contribution in [3.63, 3.8) is 0 Å². The number of rotatable bonds is 7. The summed E-state index contributed by atoms with van der Waals surface area (Å²) in [5.41, 5.74) is 6.98. The molecule has 0 aliphatic heterocycles. The molecule has 1 fully saturated rings. The number of aliphatic hydroxyl groups is 1. The number of amides is 1. The van der Waals surface area contributed by atoms with E-state index in [1.807, 2.05) is 36.9 Å². The van der Waals surface area contributed by atoms with Crippen molar-refractivity contribution in [1.29, 1.82) is 0 Å². The summed E-state index contributed by atoms with van der Waals surface area (Å²) in [5, 5.41) is 17.4. The first kappa shape index (κ1) is 22.6. The Kier molecular flexibility index (Phi) is 7.93. The van der Waals surface area contributed by atoms with E-state index in [1.54, 1.807) is 30.3 Å². The molecule has 2 aromatic rings. The fraction of sp³-hybridized carbons (Fsp3) is 0.391. The predicted octanol–water partition coefficient (Wildman–Crippen LogP) is 2.58. The van der Waals surface area contributed by atoms with Gasteiger partial charge in [0.25, 0.3) is 0 Å². The van der Waals surface area contributed by atoms with Gasteiger partial charge in [0.2, 0.25) is 5.91 Å². The van der Waals surface area contributed by atoms with Crippen LogP contribution >= 0.6 is 0 Å². The van der Waals surface area contributed by atoms with Crippen LogP contribution in [0.4, 0.5) is 0 Å². The van der Waals surface area contributed by atoms with E-state index in [9.17, 15) is 9.59 Å². The molecule has 4 N–H and O–H groups in total. The molecular weight excluding hydrogens is 368 g/mol. The lowest BCUT2D eigenvalue weighted by Gasteiger charge is -2.26. The minimum absolute atomic E-state index is 0.245. The monoisotopic (exact) mass is 398 g/mol. The Morgan fingerprint density at radius 1 is 1.07 bits per heavy atom. The van der Waals surface area contributed by atoms with Crippen LogP contribution in [0.15, 0.2) is 60.7 Å². The number of carboxylic acids is 1. The van der Waals surface area contributed by atoms with Gasteiger partial charge in [-0.05, 0) is 43.9 Å². The Morgan fingerprint density at radius 2 is 1.59 bits per heavy atom. The molecule has 3 rings (SSSR count). The molecule has 6 heteroatoms. The molecule has 1 aliphatic carbocycles. The average Bonchev–Trinajstić information content (AvgIpc) is 3.51. The maximum Gasteiger partial charge on any atom is 0.337 e. The molecule has 0 spiro atoms. The Labute approximate surface area is 172 Å². The van der Waals surface area contributed by atoms with Crippen molar-refractivity contribution in [1.82, 2.24) is 4.90 Å². The number of hydrogen-bond donors (Lipinski definition) is 3. The van der Waals surface area contributed by atoms with E-state index in [4.69, 9.17) is 15.9 Å². The molecule has 0 saturated heterocycles. The number of carbonyl (C=O) groups is 2. The van der Waals surface area contributed by atoms with E-state index in [1.165, 1.54) is 0 Å². The van der Waals surface area contributed by atoms with Crippen LogP contribution in [0.2, 0.25) is 0 Å². The van der Waals surface area contributed by atoms with Gasteiger partial charge < -0.3 is 20.8 Å². The number of likely N-dealkylation sites (N-methyl/N-ethyl adjacent to an activating group) is 1. The summed E-state index contributed by atoms with van der Waals surface area (Å²) >= 11 is 0. The Bertz CT molecular complexity index is 793. The molecule has 156 valence electrons. The lowest BCUT2D eigenvalue weighted by molar-refractivity contribution is -0.147.